The molecule has 0 bridgehead atoms. The third kappa shape index (κ3) is 4.02. The Hall–Kier alpha value is -1.65. The number of carbonyl (C=O) groups is 3. The molecule has 0 radical (unpaired) electrons. The van der Waals surface area contributed by atoms with Crippen LogP contribution in [0.1, 0.15) is 127 Å². The fourth-order valence-electron chi connectivity index (χ4n) is 11.1. The van der Waals surface area contributed by atoms with E-state index in [0.29, 0.717) is 18.3 Å². The Labute approximate surface area is 242 Å². The average molecular weight is 555 g/mol. The summed E-state index contributed by atoms with van der Waals surface area (Å²) in [4.78, 5) is 39.7. The fourth-order valence-corrected chi connectivity index (χ4v) is 11.1. The van der Waals surface area contributed by atoms with Gasteiger partial charge in [0, 0.05) is 18.3 Å². The lowest BCUT2D eigenvalue weighted by atomic mass is 9.33. The first-order valence-corrected chi connectivity index (χ1v) is 16.1. The summed E-state index contributed by atoms with van der Waals surface area (Å²) in [5.41, 5.74) is 0.413. The minimum absolute atomic E-state index is 0.0427. The SMILES string of the molecule is CCCOC(=O)[C@]1(C)CC[C@]2(C)CC[C@]3(C)C(=CC(=O)[C@H]4[C@@]5(C)CC[C@H](OC(C)=O)C(C)(C)[C@@H]5CC[C@@]43C)[C@@H]2C1. The lowest BCUT2D eigenvalue weighted by Gasteiger charge is -2.70. The van der Waals surface area contributed by atoms with Crippen molar-refractivity contribution in [1.29, 1.82) is 0 Å². The second kappa shape index (κ2) is 9.43. The summed E-state index contributed by atoms with van der Waals surface area (Å²) in [6.07, 6.45) is 11.5. The van der Waals surface area contributed by atoms with Gasteiger partial charge >= 0.3 is 11.9 Å². The van der Waals surface area contributed by atoms with Crippen molar-refractivity contribution in [2.75, 3.05) is 6.61 Å². The predicted octanol–water partition coefficient (Wildman–Crippen LogP) is 7.85. The third-order valence-corrected chi connectivity index (χ3v) is 13.8. The molecule has 0 aromatic rings. The molecule has 5 nitrogen and oxygen atoms in total. The van der Waals surface area contributed by atoms with E-state index in [-0.39, 0.29) is 57.0 Å². The molecule has 0 saturated heterocycles. The highest BCUT2D eigenvalue weighted by molar-refractivity contribution is 5.95. The molecule has 5 aliphatic rings. The third-order valence-electron chi connectivity index (χ3n) is 13.8. The molecular weight excluding hydrogens is 500 g/mol. The zero-order valence-electron chi connectivity index (χ0n) is 26.7. The second-order valence-electron chi connectivity index (χ2n) is 16.3. The van der Waals surface area contributed by atoms with E-state index in [1.165, 1.54) is 12.5 Å². The van der Waals surface area contributed by atoms with Gasteiger partial charge in [-0.15, -0.1) is 0 Å². The van der Waals surface area contributed by atoms with Crippen molar-refractivity contribution >= 4 is 17.7 Å². The van der Waals surface area contributed by atoms with Gasteiger partial charge in [0.15, 0.2) is 5.78 Å². The molecule has 224 valence electrons. The molecule has 0 aliphatic heterocycles. The first kappa shape index (κ1) is 29.8. The van der Waals surface area contributed by atoms with Crippen molar-refractivity contribution in [3.63, 3.8) is 0 Å². The van der Waals surface area contributed by atoms with Crippen LogP contribution in [0.25, 0.3) is 0 Å². The molecule has 0 spiro atoms. The monoisotopic (exact) mass is 554 g/mol. The molecule has 5 aliphatic carbocycles. The molecule has 0 amide bonds. The summed E-state index contributed by atoms with van der Waals surface area (Å²) in [7, 11) is 0. The maximum atomic E-state index is 14.5. The van der Waals surface area contributed by atoms with Gasteiger partial charge in [0.25, 0.3) is 0 Å². The Bertz CT molecular complexity index is 1120. The number of rotatable bonds is 4. The molecule has 0 unspecified atom stereocenters. The zero-order valence-corrected chi connectivity index (χ0v) is 26.7. The lowest BCUT2D eigenvalue weighted by molar-refractivity contribution is -0.210. The number of allylic oxidation sites excluding steroid dienone is 2. The highest BCUT2D eigenvalue weighted by Gasteiger charge is 2.70. The largest absolute Gasteiger partial charge is 0.465 e. The molecule has 0 N–H and O–H groups in total. The molecule has 5 rings (SSSR count). The zero-order chi connectivity index (χ0) is 29.5. The van der Waals surface area contributed by atoms with Gasteiger partial charge in [0.2, 0.25) is 0 Å². The van der Waals surface area contributed by atoms with Crippen LogP contribution < -0.4 is 0 Å². The summed E-state index contributed by atoms with van der Waals surface area (Å²) in [6.45, 7) is 20.3. The fraction of sp³-hybridized carbons (Fsp3) is 0.857. The van der Waals surface area contributed by atoms with E-state index >= 15 is 0 Å². The van der Waals surface area contributed by atoms with E-state index in [4.69, 9.17) is 9.47 Å². The van der Waals surface area contributed by atoms with Crippen LogP contribution in [-0.2, 0) is 23.9 Å². The van der Waals surface area contributed by atoms with Crippen LogP contribution in [0.5, 0.6) is 0 Å². The quantitative estimate of drug-likeness (QED) is 0.331. The van der Waals surface area contributed by atoms with Crippen LogP contribution >= 0.6 is 0 Å². The lowest BCUT2D eigenvalue weighted by Crippen LogP contribution is -2.66. The second-order valence-corrected chi connectivity index (χ2v) is 16.3. The van der Waals surface area contributed by atoms with Gasteiger partial charge in [-0.3, -0.25) is 14.4 Å². The molecule has 40 heavy (non-hydrogen) atoms. The molecule has 4 fully saturated rings. The van der Waals surface area contributed by atoms with Crippen molar-refractivity contribution < 1.29 is 23.9 Å². The Morgan fingerprint density at radius 2 is 1.60 bits per heavy atom. The van der Waals surface area contributed by atoms with Crippen LogP contribution in [0.3, 0.4) is 0 Å². The van der Waals surface area contributed by atoms with E-state index in [9.17, 15) is 14.4 Å². The molecule has 4 saturated carbocycles. The topological polar surface area (TPSA) is 69.7 Å². The standard InChI is InChI=1S/C35H54O5/c1-10-19-39-29(38)32(6)16-15-31(5)17-18-34(8)23(24(31)21-32)20-25(37)28-33(7)13-12-27(40-22(2)36)30(3,4)26(33)11-14-35(28,34)9/h20,24,26-28H,10-19,21H2,1-9H3/t24-,26-,27-,28-,31+,32+,33-,34+,35-/m0/s1. The maximum absolute atomic E-state index is 14.5. The van der Waals surface area contributed by atoms with Gasteiger partial charge in [-0.2, -0.15) is 0 Å². The van der Waals surface area contributed by atoms with Gasteiger partial charge in [0.1, 0.15) is 6.10 Å². The van der Waals surface area contributed by atoms with Crippen molar-refractivity contribution in [2.45, 2.75) is 133 Å². The summed E-state index contributed by atoms with van der Waals surface area (Å²) >= 11 is 0. The van der Waals surface area contributed by atoms with E-state index in [2.05, 4.69) is 54.5 Å². The molecule has 0 heterocycles. The number of fused-ring (bicyclic) bond motifs is 7. The van der Waals surface area contributed by atoms with E-state index in [1.807, 2.05) is 6.92 Å². The maximum Gasteiger partial charge on any atom is 0.311 e. The summed E-state index contributed by atoms with van der Waals surface area (Å²) < 4.78 is 11.6. The first-order chi connectivity index (χ1) is 18.5. The summed E-state index contributed by atoms with van der Waals surface area (Å²) in [6, 6.07) is 0. The van der Waals surface area contributed by atoms with Crippen molar-refractivity contribution in [1.82, 2.24) is 0 Å². The molecule has 0 aromatic heterocycles. The summed E-state index contributed by atoms with van der Waals surface area (Å²) in [5, 5.41) is 0. The summed E-state index contributed by atoms with van der Waals surface area (Å²) in [5.74, 6) is 0.532. The normalized spacial score (nSPS) is 47.5. The van der Waals surface area contributed by atoms with E-state index < -0.39 is 5.41 Å². The van der Waals surface area contributed by atoms with Crippen LogP contribution in [0.4, 0.5) is 0 Å². The number of hydrogen-bond acceptors (Lipinski definition) is 5. The Morgan fingerprint density at radius 1 is 0.925 bits per heavy atom. The van der Waals surface area contributed by atoms with Crippen LogP contribution in [0.15, 0.2) is 11.6 Å². The molecular formula is C35H54O5. The van der Waals surface area contributed by atoms with E-state index in [0.717, 1.165) is 64.2 Å². The Morgan fingerprint density at radius 3 is 2.25 bits per heavy atom. The van der Waals surface area contributed by atoms with Crippen LogP contribution in [-0.4, -0.2) is 30.4 Å². The van der Waals surface area contributed by atoms with Crippen molar-refractivity contribution in [3.8, 4) is 0 Å². The van der Waals surface area contributed by atoms with Crippen LogP contribution in [0, 0.1) is 50.2 Å². The Balaban J connectivity index is 1.54. The number of esters is 2. The highest BCUT2D eigenvalue weighted by Crippen LogP contribution is 2.75. The number of carbonyl (C=O) groups excluding carboxylic acids is 3. The number of ketones is 1. The van der Waals surface area contributed by atoms with E-state index in [1.54, 1.807) is 0 Å². The highest BCUT2D eigenvalue weighted by atomic mass is 16.5. The van der Waals surface area contributed by atoms with Gasteiger partial charge in [-0.25, -0.2) is 0 Å². The van der Waals surface area contributed by atoms with Gasteiger partial charge in [-0.05, 0) is 111 Å². The van der Waals surface area contributed by atoms with Gasteiger partial charge < -0.3 is 9.47 Å². The van der Waals surface area contributed by atoms with Gasteiger partial charge in [-0.1, -0.05) is 54.0 Å². The Kier molecular flexibility index (Phi) is 7.03. The minimum Gasteiger partial charge on any atom is -0.465 e. The molecule has 9 atom stereocenters. The number of hydrogen-bond donors (Lipinski definition) is 0. The number of ether oxygens (including phenoxy) is 2. The predicted molar refractivity (Wildman–Crippen MR) is 156 cm³/mol. The van der Waals surface area contributed by atoms with Crippen molar-refractivity contribution in [2.24, 2.45) is 50.2 Å². The average Bonchev–Trinajstić information content (AvgIpc) is 2.86. The smallest absolute Gasteiger partial charge is 0.311 e. The van der Waals surface area contributed by atoms with Crippen LogP contribution in [0.2, 0.25) is 0 Å². The van der Waals surface area contributed by atoms with Gasteiger partial charge in [0.05, 0.1) is 12.0 Å². The first-order valence-electron chi connectivity index (χ1n) is 16.1. The van der Waals surface area contributed by atoms with Crippen molar-refractivity contribution in [3.05, 3.63) is 11.6 Å². The minimum atomic E-state index is -0.498. The molecule has 5 heteroatoms. The molecule has 0 aromatic carbocycles.